The molecular weight excluding hydrogens is 188 g/mol. The molecule has 0 spiro atoms. The van der Waals surface area contributed by atoms with Crippen LogP contribution in [0.3, 0.4) is 0 Å². The van der Waals surface area contributed by atoms with Gasteiger partial charge in [-0.3, -0.25) is 4.79 Å². The highest BCUT2D eigenvalue weighted by Gasteiger charge is 2.28. The summed E-state index contributed by atoms with van der Waals surface area (Å²) in [6.07, 6.45) is 2.36. The molecule has 0 aromatic heterocycles. The lowest BCUT2D eigenvalue weighted by Crippen LogP contribution is -2.23. The zero-order valence-corrected chi connectivity index (χ0v) is 9.16. The molecule has 3 heteroatoms. The Morgan fingerprint density at radius 1 is 1.40 bits per heavy atom. The van der Waals surface area contributed by atoms with Crippen molar-refractivity contribution in [3.8, 4) is 0 Å². The lowest BCUT2D eigenvalue weighted by Gasteiger charge is -2.14. The molecular formula is C12H16N2O. The first-order chi connectivity index (χ1) is 7.09. The van der Waals surface area contributed by atoms with Crippen LogP contribution in [0.2, 0.25) is 0 Å². The zero-order chi connectivity index (χ0) is 11.0. The van der Waals surface area contributed by atoms with Crippen LogP contribution in [0, 0.1) is 0 Å². The smallest absolute Gasteiger partial charge is 0.253 e. The lowest BCUT2D eigenvalue weighted by atomic mass is 10.0. The third kappa shape index (κ3) is 1.96. The predicted octanol–water partition coefficient (Wildman–Crippen LogP) is 1.85. The summed E-state index contributed by atoms with van der Waals surface area (Å²) in [7, 11) is 3.55. The van der Waals surface area contributed by atoms with Gasteiger partial charge in [-0.05, 0) is 42.5 Å². The zero-order valence-electron chi connectivity index (χ0n) is 9.16. The summed E-state index contributed by atoms with van der Waals surface area (Å²) in [6, 6.07) is 5.57. The maximum atomic E-state index is 11.9. The number of benzene rings is 1. The molecule has 1 aromatic rings. The number of anilines is 1. The number of nitrogen functional groups attached to an aromatic ring is 1. The Morgan fingerprint density at radius 3 is 2.60 bits per heavy atom. The normalized spacial score (nSPS) is 15.1. The number of amides is 1. The molecule has 0 aliphatic heterocycles. The molecule has 0 atom stereocenters. The molecule has 1 fully saturated rings. The number of rotatable bonds is 2. The third-order valence-electron chi connectivity index (χ3n) is 2.73. The van der Waals surface area contributed by atoms with Gasteiger partial charge in [-0.2, -0.15) is 0 Å². The van der Waals surface area contributed by atoms with E-state index >= 15 is 0 Å². The molecule has 80 valence electrons. The van der Waals surface area contributed by atoms with Crippen LogP contribution in [-0.2, 0) is 0 Å². The van der Waals surface area contributed by atoms with Gasteiger partial charge in [-0.25, -0.2) is 0 Å². The predicted molar refractivity (Wildman–Crippen MR) is 60.8 cm³/mol. The van der Waals surface area contributed by atoms with Crippen LogP contribution in [0.1, 0.15) is 34.7 Å². The first kappa shape index (κ1) is 10.0. The van der Waals surface area contributed by atoms with Crippen LogP contribution < -0.4 is 5.73 Å². The van der Waals surface area contributed by atoms with Crippen molar-refractivity contribution < 1.29 is 4.79 Å². The standard InChI is InChI=1S/C12H16N2O/c1-14(2)12(15)10-6-5-9(13)7-11(10)8-3-4-8/h5-8H,3-4,13H2,1-2H3. The third-order valence-corrected chi connectivity index (χ3v) is 2.73. The van der Waals surface area contributed by atoms with Crippen molar-refractivity contribution >= 4 is 11.6 Å². The second kappa shape index (κ2) is 3.57. The summed E-state index contributed by atoms with van der Waals surface area (Å²) in [5, 5.41) is 0. The SMILES string of the molecule is CN(C)C(=O)c1ccc(N)cc1C1CC1. The van der Waals surface area contributed by atoms with E-state index < -0.39 is 0 Å². The van der Waals surface area contributed by atoms with Gasteiger partial charge in [0.2, 0.25) is 0 Å². The van der Waals surface area contributed by atoms with Crippen molar-refractivity contribution in [2.24, 2.45) is 0 Å². The second-order valence-electron chi connectivity index (χ2n) is 4.32. The first-order valence-electron chi connectivity index (χ1n) is 5.20. The van der Waals surface area contributed by atoms with Crippen molar-refractivity contribution in [1.29, 1.82) is 0 Å². The van der Waals surface area contributed by atoms with Crippen LogP contribution in [0.15, 0.2) is 18.2 Å². The molecule has 2 N–H and O–H groups in total. The molecule has 2 rings (SSSR count). The van der Waals surface area contributed by atoms with Gasteiger partial charge in [0.1, 0.15) is 0 Å². The van der Waals surface area contributed by atoms with E-state index in [0.29, 0.717) is 5.92 Å². The fourth-order valence-electron chi connectivity index (χ4n) is 1.75. The number of hydrogen-bond acceptors (Lipinski definition) is 2. The van der Waals surface area contributed by atoms with Gasteiger partial charge < -0.3 is 10.6 Å². The van der Waals surface area contributed by atoms with Gasteiger partial charge >= 0.3 is 0 Å². The number of nitrogens with two attached hydrogens (primary N) is 1. The number of hydrogen-bond donors (Lipinski definition) is 1. The Bertz CT molecular complexity index is 395. The summed E-state index contributed by atoms with van der Waals surface area (Å²) in [4.78, 5) is 13.5. The summed E-state index contributed by atoms with van der Waals surface area (Å²) in [5.74, 6) is 0.615. The number of carbonyl (C=O) groups is 1. The van der Waals surface area contributed by atoms with Crippen molar-refractivity contribution in [3.63, 3.8) is 0 Å². The van der Waals surface area contributed by atoms with Gasteiger partial charge in [0.25, 0.3) is 5.91 Å². The van der Waals surface area contributed by atoms with E-state index in [1.807, 2.05) is 12.1 Å². The van der Waals surface area contributed by atoms with E-state index in [4.69, 9.17) is 5.73 Å². The van der Waals surface area contributed by atoms with Crippen molar-refractivity contribution in [2.75, 3.05) is 19.8 Å². The van der Waals surface area contributed by atoms with E-state index in [1.165, 1.54) is 12.8 Å². The monoisotopic (exact) mass is 204 g/mol. The Balaban J connectivity index is 2.41. The average Bonchev–Trinajstić information content (AvgIpc) is 2.99. The number of carbonyl (C=O) groups excluding carboxylic acids is 1. The first-order valence-corrected chi connectivity index (χ1v) is 5.20. The summed E-state index contributed by atoms with van der Waals surface area (Å²) in [6.45, 7) is 0. The van der Waals surface area contributed by atoms with Gasteiger partial charge in [-0.1, -0.05) is 0 Å². The van der Waals surface area contributed by atoms with Crippen LogP contribution in [-0.4, -0.2) is 24.9 Å². The molecule has 15 heavy (non-hydrogen) atoms. The highest BCUT2D eigenvalue weighted by molar-refractivity contribution is 5.96. The summed E-state index contributed by atoms with van der Waals surface area (Å²) < 4.78 is 0. The van der Waals surface area contributed by atoms with Crippen LogP contribution in [0.4, 0.5) is 5.69 Å². The molecule has 0 unspecified atom stereocenters. The fourth-order valence-corrected chi connectivity index (χ4v) is 1.75. The minimum Gasteiger partial charge on any atom is -0.399 e. The Morgan fingerprint density at radius 2 is 2.07 bits per heavy atom. The van der Waals surface area contributed by atoms with E-state index in [9.17, 15) is 4.79 Å². The summed E-state index contributed by atoms with van der Waals surface area (Å²) >= 11 is 0. The number of nitrogens with zero attached hydrogens (tertiary/aromatic N) is 1. The Labute approximate surface area is 89.9 Å². The maximum absolute atomic E-state index is 11.9. The topological polar surface area (TPSA) is 46.3 Å². The van der Waals surface area contributed by atoms with Crippen LogP contribution in [0.25, 0.3) is 0 Å². The lowest BCUT2D eigenvalue weighted by molar-refractivity contribution is 0.0826. The molecule has 1 aromatic carbocycles. The van der Waals surface area contributed by atoms with E-state index in [-0.39, 0.29) is 5.91 Å². The molecule has 3 nitrogen and oxygen atoms in total. The van der Waals surface area contributed by atoms with E-state index in [1.54, 1.807) is 25.1 Å². The van der Waals surface area contributed by atoms with Crippen molar-refractivity contribution in [3.05, 3.63) is 29.3 Å². The molecule has 0 bridgehead atoms. The van der Waals surface area contributed by atoms with E-state index in [2.05, 4.69) is 0 Å². The van der Waals surface area contributed by atoms with Crippen molar-refractivity contribution in [2.45, 2.75) is 18.8 Å². The maximum Gasteiger partial charge on any atom is 0.253 e. The molecule has 1 amide bonds. The van der Waals surface area contributed by atoms with Crippen molar-refractivity contribution in [1.82, 2.24) is 4.90 Å². The van der Waals surface area contributed by atoms with Gasteiger partial charge in [0, 0.05) is 25.3 Å². The quantitative estimate of drug-likeness (QED) is 0.747. The van der Waals surface area contributed by atoms with Gasteiger partial charge in [0.15, 0.2) is 0 Å². The largest absolute Gasteiger partial charge is 0.399 e. The summed E-state index contributed by atoms with van der Waals surface area (Å²) in [5.41, 5.74) is 8.41. The van der Waals surface area contributed by atoms with E-state index in [0.717, 1.165) is 16.8 Å². The second-order valence-corrected chi connectivity index (χ2v) is 4.32. The Kier molecular flexibility index (Phi) is 2.39. The van der Waals surface area contributed by atoms with Gasteiger partial charge in [-0.15, -0.1) is 0 Å². The van der Waals surface area contributed by atoms with Crippen LogP contribution >= 0.6 is 0 Å². The minimum absolute atomic E-state index is 0.0666. The fraction of sp³-hybridized carbons (Fsp3) is 0.417. The minimum atomic E-state index is 0.0666. The highest BCUT2D eigenvalue weighted by Crippen LogP contribution is 2.42. The molecule has 0 heterocycles. The molecule has 0 saturated heterocycles. The highest BCUT2D eigenvalue weighted by atomic mass is 16.2. The van der Waals surface area contributed by atoms with Crippen LogP contribution in [0.5, 0.6) is 0 Å². The Hall–Kier alpha value is -1.51. The molecule has 1 saturated carbocycles. The molecule has 0 radical (unpaired) electrons. The molecule has 1 aliphatic rings. The molecule has 1 aliphatic carbocycles. The average molecular weight is 204 g/mol. The van der Waals surface area contributed by atoms with Gasteiger partial charge in [0.05, 0.1) is 0 Å².